The van der Waals surface area contributed by atoms with Gasteiger partial charge in [0.25, 0.3) is 0 Å². The van der Waals surface area contributed by atoms with Gasteiger partial charge >= 0.3 is 0 Å². The summed E-state index contributed by atoms with van der Waals surface area (Å²) in [4.78, 5) is 25.0. The second-order valence-electron chi connectivity index (χ2n) is 5.51. The van der Waals surface area contributed by atoms with Crippen molar-refractivity contribution in [1.29, 1.82) is 0 Å². The third-order valence-corrected chi connectivity index (χ3v) is 3.70. The quantitative estimate of drug-likeness (QED) is 0.840. The minimum Gasteiger partial charge on any atom is -0.497 e. The minimum absolute atomic E-state index is 0.0953. The molecule has 2 amide bonds. The molecule has 6 heteroatoms. The van der Waals surface area contributed by atoms with Gasteiger partial charge in [0.1, 0.15) is 18.1 Å². The number of anilines is 1. The average molecular weight is 344 g/mol. The molecule has 0 radical (unpaired) electrons. The van der Waals surface area contributed by atoms with Crippen LogP contribution in [-0.2, 0) is 16.0 Å². The maximum Gasteiger partial charge on any atom is 0.240 e. The van der Waals surface area contributed by atoms with Crippen LogP contribution in [0.1, 0.15) is 12.5 Å². The molecule has 2 aromatic carbocycles. The van der Waals surface area contributed by atoms with E-state index in [1.165, 1.54) is 25.1 Å². The molecule has 0 aliphatic carbocycles. The van der Waals surface area contributed by atoms with Crippen LogP contribution in [0.2, 0.25) is 0 Å². The molecule has 0 saturated carbocycles. The topological polar surface area (TPSA) is 58.6 Å². The van der Waals surface area contributed by atoms with Crippen molar-refractivity contribution in [2.75, 3.05) is 25.1 Å². The molecule has 0 heterocycles. The number of carbonyl (C=O) groups excluding carboxylic acids is 2. The van der Waals surface area contributed by atoms with E-state index in [1.54, 1.807) is 13.2 Å². The van der Waals surface area contributed by atoms with Crippen molar-refractivity contribution in [1.82, 2.24) is 5.32 Å². The third-order valence-electron chi connectivity index (χ3n) is 3.70. The van der Waals surface area contributed by atoms with Crippen molar-refractivity contribution in [2.24, 2.45) is 0 Å². The SMILES string of the molecule is COc1cccc(CCNC(=O)CN(C(C)=O)c2ccccc2F)c1. The molecule has 0 aliphatic heterocycles. The number of carbonyl (C=O) groups is 2. The van der Waals surface area contributed by atoms with Gasteiger partial charge in [-0.05, 0) is 36.2 Å². The number of nitrogens with one attached hydrogen (secondary N) is 1. The van der Waals surface area contributed by atoms with Crippen LogP contribution in [0, 0.1) is 5.82 Å². The smallest absolute Gasteiger partial charge is 0.240 e. The van der Waals surface area contributed by atoms with Gasteiger partial charge in [-0.1, -0.05) is 24.3 Å². The number of halogens is 1. The highest BCUT2D eigenvalue weighted by atomic mass is 19.1. The maximum atomic E-state index is 13.9. The molecule has 0 atom stereocenters. The largest absolute Gasteiger partial charge is 0.497 e. The Morgan fingerprint density at radius 2 is 1.92 bits per heavy atom. The second-order valence-corrected chi connectivity index (χ2v) is 5.51. The molecule has 0 unspecified atom stereocenters. The fourth-order valence-electron chi connectivity index (χ4n) is 2.41. The fourth-order valence-corrected chi connectivity index (χ4v) is 2.41. The molecule has 0 saturated heterocycles. The number of nitrogens with zero attached hydrogens (tertiary/aromatic N) is 1. The zero-order chi connectivity index (χ0) is 18.2. The lowest BCUT2D eigenvalue weighted by Gasteiger charge is -2.21. The van der Waals surface area contributed by atoms with Gasteiger partial charge in [0.05, 0.1) is 12.8 Å². The summed E-state index contributed by atoms with van der Waals surface area (Å²) in [5, 5.41) is 2.75. The van der Waals surface area contributed by atoms with E-state index in [2.05, 4.69) is 5.32 Å². The molecule has 0 bridgehead atoms. The number of benzene rings is 2. The lowest BCUT2D eigenvalue weighted by Crippen LogP contribution is -2.40. The predicted molar refractivity (Wildman–Crippen MR) is 94.1 cm³/mol. The predicted octanol–water partition coefficient (Wildman–Crippen LogP) is 2.55. The van der Waals surface area contributed by atoms with Crippen LogP contribution in [0.15, 0.2) is 48.5 Å². The molecule has 0 spiro atoms. The first-order chi connectivity index (χ1) is 12.0. The summed E-state index contributed by atoms with van der Waals surface area (Å²) in [5.74, 6) is -0.526. The monoisotopic (exact) mass is 344 g/mol. The Hall–Kier alpha value is -2.89. The van der Waals surface area contributed by atoms with Crippen LogP contribution in [0.25, 0.3) is 0 Å². The minimum atomic E-state index is -0.540. The third kappa shape index (κ3) is 5.31. The molecule has 0 aliphatic rings. The summed E-state index contributed by atoms with van der Waals surface area (Å²) in [6.45, 7) is 1.49. The first kappa shape index (κ1) is 18.4. The molecular formula is C19H21FN2O3. The van der Waals surface area contributed by atoms with Crippen LogP contribution in [0.4, 0.5) is 10.1 Å². The molecule has 1 N–H and O–H groups in total. The van der Waals surface area contributed by atoms with Gasteiger partial charge in [0, 0.05) is 13.5 Å². The summed E-state index contributed by atoms with van der Waals surface area (Å²) in [5.41, 5.74) is 1.12. The van der Waals surface area contributed by atoms with Crippen molar-refractivity contribution in [3.63, 3.8) is 0 Å². The molecule has 0 aromatic heterocycles. The van der Waals surface area contributed by atoms with Crippen molar-refractivity contribution in [2.45, 2.75) is 13.3 Å². The van der Waals surface area contributed by atoms with E-state index in [1.807, 2.05) is 24.3 Å². The first-order valence-corrected chi connectivity index (χ1v) is 7.93. The number of hydrogen-bond donors (Lipinski definition) is 1. The van der Waals surface area contributed by atoms with Crippen LogP contribution < -0.4 is 15.0 Å². The van der Waals surface area contributed by atoms with Crippen molar-refractivity contribution in [3.8, 4) is 5.75 Å². The molecule has 2 rings (SSSR count). The molecule has 5 nitrogen and oxygen atoms in total. The van der Waals surface area contributed by atoms with Crippen LogP contribution in [-0.4, -0.2) is 32.0 Å². The number of rotatable bonds is 7. The summed E-state index contributed by atoms with van der Waals surface area (Å²) in [6.07, 6.45) is 0.628. The van der Waals surface area contributed by atoms with Crippen molar-refractivity contribution >= 4 is 17.5 Å². The van der Waals surface area contributed by atoms with E-state index < -0.39 is 11.7 Å². The normalized spacial score (nSPS) is 10.2. The molecule has 132 valence electrons. The maximum absolute atomic E-state index is 13.9. The van der Waals surface area contributed by atoms with Gasteiger partial charge in [-0.3, -0.25) is 9.59 Å². The van der Waals surface area contributed by atoms with Gasteiger partial charge in [-0.2, -0.15) is 0 Å². The van der Waals surface area contributed by atoms with E-state index in [0.717, 1.165) is 16.2 Å². The van der Waals surface area contributed by atoms with Gasteiger partial charge in [0.15, 0.2) is 0 Å². The van der Waals surface area contributed by atoms with Gasteiger partial charge in [-0.25, -0.2) is 4.39 Å². The van der Waals surface area contributed by atoms with Crippen LogP contribution >= 0.6 is 0 Å². The van der Waals surface area contributed by atoms with E-state index >= 15 is 0 Å². The Bertz CT molecular complexity index is 749. The number of hydrogen-bond acceptors (Lipinski definition) is 3. The number of ether oxygens (including phenoxy) is 1. The Balaban J connectivity index is 1.91. The highest BCUT2D eigenvalue weighted by molar-refractivity contribution is 5.97. The summed E-state index contributed by atoms with van der Waals surface area (Å²) in [7, 11) is 1.60. The van der Waals surface area contributed by atoms with Crippen molar-refractivity contribution < 1.29 is 18.7 Å². The Labute approximate surface area is 146 Å². The van der Waals surface area contributed by atoms with Gasteiger partial charge in [0.2, 0.25) is 11.8 Å². The van der Waals surface area contributed by atoms with E-state index in [-0.39, 0.29) is 18.1 Å². The average Bonchev–Trinajstić information content (AvgIpc) is 2.60. The lowest BCUT2D eigenvalue weighted by atomic mass is 10.1. The first-order valence-electron chi connectivity index (χ1n) is 7.93. The summed E-state index contributed by atoms with van der Waals surface area (Å²) >= 11 is 0. The van der Waals surface area contributed by atoms with Gasteiger partial charge in [-0.15, -0.1) is 0 Å². The molecule has 25 heavy (non-hydrogen) atoms. The Kier molecular flexibility index (Phi) is 6.51. The van der Waals surface area contributed by atoms with Crippen LogP contribution in [0.5, 0.6) is 5.75 Å². The fraction of sp³-hybridized carbons (Fsp3) is 0.263. The van der Waals surface area contributed by atoms with Crippen LogP contribution in [0.3, 0.4) is 0 Å². The lowest BCUT2D eigenvalue weighted by molar-refractivity contribution is -0.123. The van der Waals surface area contributed by atoms with Crippen molar-refractivity contribution in [3.05, 3.63) is 59.9 Å². The summed E-state index contributed by atoms with van der Waals surface area (Å²) < 4.78 is 19.0. The van der Waals surface area contributed by atoms with Gasteiger partial charge < -0.3 is 15.0 Å². The van der Waals surface area contributed by atoms with E-state index in [9.17, 15) is 14.0 Å². The van der Waals surface area contributed by atoms with E-state index in [0.29, 0.717) is 13.0 Å². The number of amides is 2. The Morgan fingerprint density at radius 1 is 1.16 bits per heavy atom. The molecule has 2 aromatic rings. The zero-order valence-corrected chi connectivity index (χ0v) is 14.3. The second kappa shape index (κ2) is 8.82. The summed E-state index contributed by atoms with van der Waals surface area (Å²) in [6, 6.07) is 13.4. The zero-order valence-electron chi connectivity index (χ0n) is 14.3. The van der Waals surface area contributed by atoms with E-state index in [4.69, 9.17) is 4.74 Å². The standard InChI is InChI=1S/C19H21FN2O3/c1-14(23)22(18-9-4-3-8-17(18)20)13-19(24)21-11-10-15-6-5-7-16(12-15)25-2/h3-9,12H,10-11,13H2,1-2H3,(H,21,24). The highest BCUT2D eigenvalue weighted by Crippen LogP contribution is 2.18. The highest BCUT2D eigenvalue weighted by Gasteiger charge is 2.18. The number of para-hydroxylation sites is 1. The Morgan fingerprint density at radius 3 is 2.60 bits per heavy atom. The number of methoxy groups -OCH3 is 1. The molecular weight excluding hydrogens is 323 g/mol. The molecule has 0 fully saturated rings.